The molecule has 1 fully saturated rings. The summed E-state index contributed by atoms with van der Waals surface area (Å²) in [6.45, 7) is 0.804. The average Bonchev–Trinajstić information content (AvgIpc) is 3.10. The van der Waals surface area contributed by atoms with Gasteiger partial charge in [-0.1, -0.05) is 0 Å². The topological polar surface area (TPSA) is 72.9 Å². The number of anilines is 1. The summed E-state index contributed by atoms with van der Waals surface area (Å²) in [6.07, 6.45) is 5.49. The number of nitrogens with one attached hydrogen (secondary N) is 1. The van der Waals surface area contributed by atoms with Crippen LogP contribution in [0, 0.1) is 0 Å². The number of aromatic nitrogens is 2. The van der Waals surface area contributed by atoms with Gasteiger partial charge >= 0.3 is 0 Å². The zero-order chi connectivity index (χ0) is 13.2. The van der Waals surface area contributed by atoms with E-state index in [1.807, 2.05) is 24.5 Å². The van der Waals surface area contributed by atoms with Gasteiger partial charge < -0.3 is 15.6 Å². The van der Waals surface area contributed by atoms with Crippen molar-refractivity contribution >= 4 is 22.6 Å². The Balaban J connectivity index is 1.57. The maximum absolute atomic E-state index is 11.6. The van der Waals surface area contributed by atoms with Crippen molar-refractivity contribution in [3.63, 3.8) is 0 Å². The second kappa shape index (κ2) is 4.91. The van der Waals surface area contributed by atoms with Crippen LogP contribution in [0.1, 0.15) is 25.7 Å². The quantitative estimate of drug-likeness (QED) is 0.801. The van der Waals surface area contributed by atoms with Crippen LogP contribution in [0.15, 0.2) is 24.5 Å². The number of hydrogen-bond donors (Lipinski definition) is 2. The molecular weight excluding hydrogens is 240 g/mol. The van der Waals surface area contributed by atoms with E-state index < -0.39 is 0 Å². The molecule has 5 nitrogen and oxygen atoms in total. The van der Waals surface area contributed by atoms with Crippen LogP contribution in [0.2, 0.25) is 0 Å². The predicted octanol–water partition coefficient (Wildman–Crippen LogP) is 1.68. The number of hydrogen-bond acceptors (Lipinski definition) is 3. The van der Waals surface area contributed by atoms with E-state index in [9.17, 15) is 4.79 Å². The van der Waals surface area contributed by atoms with Crippen molar-refractivity contribution in [2.24, 2.45) is 0 Å². The maximum atomic E-state index is 11.6. The number of nitrogens with zero attached hydrogens (tertiary/aromatic N) is 2. The van der Waals surface area contributed by atoms with Crippen LogP contribution in [0.5, 0.6) is 0 Å². The van der Waals surface area contributed by atoms with Crippen molar-refractivity contribution in [3.05, 3.63) is 24.5 Å². The normalized spacial score (nSPS) is 14.7. The van der Waals surface area contributed by atoms with E-state index >= 15 is 0 Å². The van der Waals surface area contributed by atoms with Crippen LogP contribution < -0.4 is 11.1 Å². The highest BCUT2D eigenvalue weighted by atomic mass is 16.1. The highest BCUT2D eigenvalue weighted by Crippen LogP contribution is 2.19. The van der Waals surface area contributed by atoms with E-state index in [-0.39, 0.29) is 5.91 Å². The van der Waals surface area contributed by atoms with Crippen molar-refractivity contribution in [3.8, 4) is 0 Å². The van der Waals surface area contributed by atoms with E-state index in [4.69, 9.17) is 5.73 Å². The Labute approximate surface area is 111 Å². The molecule has 3 N–H and O–H groups in total. The molecule has 1 aliphatic rings. The molecule has 2 aromatic rings. The zero-order valence-corrected chi connectivity index (χ0v) is 10.8. The molecule has 0 bridgehead atoms. The summed E-state index contributed by atoms with van der Waals surface area (Å²) in [6, 6.07) is 6.16. The average molecular weight is 258 g/mol. The first-order valence-electron chi connectivity index (χ1n) is 6.72. The molecule has 1 amide bonds. The minimum Gasteiger partial charge on any atom is -0.399 e. The number of aryl methyl sites for hydroxylation is 1. The lowest BCUT2D eigenvalue weighted by molar-refractivity contribution is -0.121. The molecule has 1 saturated carbocycles. The summed E-state index contributed by atoms with van der Waals surface area (Å²) in [7, 11) is 0. The van der Waals surface area contributed by atoms with Crippen LogP contribution in [0.25, 0.3) is 11.0 Å². The molecule has 0 unspecified atom stereocenters. The molecule has 1 heterocycles. The SMILES string of the molecule is Nc1ccc2c(c1)ncn2CCCC(=O)NC1CC1. The Hall–Kier alpha value is -2.04. The van der Waals surface area contributed by atoms with Gasteiger partial charge in [-0.2, -0.15) is 0 Å². The van der Waals surface area contributed by atoms with Gasteiger partial charge in [-0.25, -0.2) is 4.98 Å². The fourth-order valence-corrected chi connectivity index (χ4v) is 2.20. The van der Waals surface area contributed by atoms with Crippen molar-refractivity contribution in [1.82, 2.24) is 14.9 Å². The van der Waals surface area contributed by atoms with Gasteiger partial charge in [0, 0.05) is 24.7 Å². The van der Waals surface area contributed by atoms with E-state index in [1.165, 1.54) is 0 Å². The Morgan fingerprint density at radius 2 is 2.32 bits per heavy atom. The van der Waals surface area contributed by atoms with Crippen LogP contribution in [0.3, 0.4) is 0 Å². The molecule has 5 heteroatoms. The second-order valence-corrected chi connectivity index (χ2v) is 5.13. The van der Waals surface area contributed by atoms with Crippen LogP contribution in [-0.2, 0) is 11.3 Å². The van der Waals surface area contributed by atoms with Gasteiger partial charge in [0.25, 0.3) is 0 Å². The lowest BCUT2D eigenvalue weighted by Gasteiger charge is -2.05. The van der Waals surface area contributed by atoms with Crippen molar-refractivity contribution in [2.45, 2.75) is 38.3 Å². The first-order valence-corrected chi connectivity index (χ1v) is 6.72. The molecule has 100 valence electrons. The molecule has 1 aliphatic carbocycles. The van der Waals surface area contributed by atoms with Crippen LogP contribution in [-0.4, -0.2) is 21.5 Å². The van der Waals surface area contributed by atoms with E-state index in [2.05, 4.69) is 14.9 Å². The third-order valence-corrected chi connectivity index (χ3v) is 3.39. The molecule has 1 aromatic heterocycles. The molecule has 0 saturated heterocycles. The largest absolute Gasteiger partial charge is 0.399 e. The molecule has 0 radical (unpaired) electrons. The smallest absolute Gasteiger partial charge is 0.220 e. The fraction of sp³-hybridized carbons (Fsp3) is 0.429. The summed E-state index contributed by atoms with van der Waals surface area (Å²) >= 11 is 0. The first kappa shape index (κ1) is 12.0. The van der Waals surface area contributed by atoms with E-state index in [1.54, 1.807) is 0 Å². The highest BCUT2D eigenvalue weighted by Gasteiger charge is 2.22. The van der Waals surface area contributed by atoms with Gasteiger partial charge in [-0.15, -0.1) is 0 Å². The van der Waals surface area contributed by atoms with E-state index in [0.717, 1.165) is 42.5 Å². The highest BCUT2D eigenvalue weighted by molar-refractivity contribution is 5.79. The molecule has 19 heavy (non-hydrogen) atoms. The van der Waals surface area contributed by atoms with Crippen LogP contribution in [0.4, 0.5) is 5.69 Å². The standard InChI is InChI=1S/C14H18N4O/c15-10-3-6-13-12(8-10)16-9-18(13)7-1-2-14(19)17-11-4-5-11/h3,6,8-9,11H,1-2,4-5,7,15H2,(H,17,19). The number of imidazole rings is 1. The lowest BCUT2D eigenvalue weighted by Crippen LogP contribution is -2.25. The molecule has 3 rings (SSSR count). The van der Waals surface area contributed by atoms with Crippen LogP contribution >= 0.6 is 0 Å². The Morgan fingerprint density at radius 3 is 3.11 bits per heavy atom. The number of carbonyl (C=O) groups is 1. The summed E-state index contributed by atoms with van der Waals surface area (Å²) in [4.78, 5) is 15.9. The predicted molar refractivity (Wildman–Crippen MR) is 74.5 cm³/mol. The van der Waals surface area contributed by atoms with Crippen molar-refractivity contribution < 1.29 is 4.79 Å². The molecule has 0 aliphatic heterocycles. The fourth-order valence-electron chi connectivity index (χ4n) is 2.20. The third kappa shape index (κ3) is 2.86. The van der Waals surface area contributed by atoms with Gasteiger partial charge in [0.2, 0.25) is 5.91 Å². The number of nitrogens with two attached hydrogens (primary N) is 1. The van der Waals surface area contributed by atoms with Gasteiger partial charge in [0.1, 0.15) is 0 Å². The van der Waals surface area contributed by atoms with Gasteiger partial charge in [0.05, 0.1) is 17.4 Å². The number of rotatable bonds is 5. The Kier molecular flexibility index (Phi) is 3.11. The maximum Gasteiger partial charge on any atom is 0.220 e. The summed E-state index contributed by atoms with van der Waals surface area (Å²) in [5, 5.41) is 3.00. The lowest BCUT2D eigenvalue weighted by atomic mass is 10.2. The number of nitrogen functional groups attached to an aromatic ring is 1. The van der Waals surface area contributed by atoms with Crippen molar-refractivity contribution in [2.75, 3.05) is 5.73 Å². The molecular formula is C14H18N4O. The summed E-state index contributed by atoms with van der Waals surface area (Å²) in [5.41, 5.74) is 8.42. The molecule has 0 atom stereocenters. The van der Waals surface area contributed by atoms with Crippen molar-refractivity contribution in [1.29, 1.82) is 0 Å². The summed E-state index contributed by atoms with van der Waals surface area (Å²) in [5.74, 6) is 0.163. The monoisotopic (exact) mass is 258 g/mol. The Bertz CT molecular complexity index is 601. The zero-order valence-electron chi connectivity index (χ0n) is 10.8. The Morgan fingerprint density at radius 1 is 1.47 bits per heavy atom. The minimum absolute atomic E-state index is 0.163. The number of amides is 1. The minimum atomic E-state index is 0.163. The van der Waals surface area contributed by atoms with Gasteiger partial charge in [0.15, 0.2) is 0 Å². The van der Waals surface area contributed by atoms with Gasteiger partial charge in [-0.3, -0.25) is 4.79 Å². The number of carbonyl (C=O) groups excluding carboxylic acids is 1. The molecule has 1 aromatic carbocycles. The van der Waals surface area contributed by atoms with E-state index in [0.29, 0.717) is 12.5 Å². The number of benzene rings is 1. The van der Waals surface area contributed by atoms with Gasteiger partial charge in [-0.05, 0) is 37.5 Å². The molecule has 0 spiro atoms. The first-order chi connectivity index (χ1) is 9.22. The summed E-state index contributed by atoms with van der Waals surface area (Å²) < 4.78 is 2.07. The number of fused-ring (bicyclic) bond motifs is 1. The third-order valence-electron chi connectivity index (χ3n) is 3.39. The second-order valence-electron chi connectivity index (χ2n) is 5.13.